The third-order valence-electron chi connectivity index (χ3n) is 3.71. The van der Waals surface area contributed by atoms with Crippen LogP contribution in [0.5, 0.6) is 0 Å². The average molecular weight is 343 g/mol. The quantitative estimate of drug-likeness (QED) is 0.645. The highest BCUT2D eigenvalue weighted by Gasteiger charge is 2.11. The summed E-state index contributed by atoms with van der Waals surface area (Å²) in [5, 5.41) is 6.88. The van der Waals surface area contributed by atoms with Crippen LogP contribution in [-0.4, -0.2) is 12.0 Å². The minimum atomic E-state index is 0.598. The smallest absolute Gasteiger partial charge is 0.0805 e. The first-order valence-corrected chi connectivity index (χ1v) is 8.08. The number of anilines is 1. The molecule has 3 rings (SSSR count). The predicted molar refractivity (Wildman–Crippen MR) is 95.0 cm³/mol. The lowest BCUT2D eigenvalue weighted by atomic mass is 10.0. The van der Waals surface area contributed by atoms with Crippen molar-refractivity contribution in [3.05, 3.63) is 46.6 Å². The summed E-state index contributed by atoms with van der Waals surface area (Å²) in [6.45, 7) is 4.45. The molecule has 1 heterocycles. The molecule has 0 saturated carbocycles. The van der Waals surface area contributed by atoms with Crippen LogP contribution in [0.4, 0.5) is 5.69 Å². The van der Waals surface area contributed by atoms with Crippen LogP contribution in [0.15, 0.2) is 40.9 Å². The fraction of sp³-hybridized carbons (Fsp3) is 0.278. The van der Waals surface area contributed by atoms with Crippen molar-refractivity contribution in [3.63, 3.8) is 0 Å². The van der Waals surface area contributed by atoms with E-state index >= 15 is 0 Å². The molecule has 1 aromatic heterocycles. The minimum absolute atomic E-state index is 0.598. The molecule has 0 aliphatic rings. The summed E-state index contributed by atoms with van der Waals surface area (Å²) < 4.78 is 1.11. The van der Waals surface area contributed by atoms with E-state index in [1.807, 2.05) is 7.05 Å². The molecule has 0 radical (unpaired) electrons. The lowest BCUT2D eigenvalue weighted by Gasteiger charge is -2.13. The average Bonchev–Trinajstić information content (AvgIpc) is 2.47. The third-order valence-corrected chi connectivity index (χ3v) is 4.37. The molecule has 0 amide bonds. The van der Waals surface area contributed by atoms with Crippen molar-refractivity contribution in [2.45, 2.75) is 20.3 Å². The van der Waals surface area contributed by atoms with Crippen LogP contribution < -0.4 is 5.32 Å². The van der Waals surface area contributed by atoms with Crippen LogP contribution in [0.25, 0.3) is 21.7 Å². The summed E-state index contributed by atoms with van der Waals surface area (Å²) in [6.07, 6.45) is 0.995. The summed E-state index contributed by atoms with van der Waals surface area (Å²) in [7, 11) is 1.97. The van der Waals surface area contributed by atoms with Gasteiger partial charge in [0.05, 0.1) is 5.52 Å². The third kappa shape index (κ3) is 2.62. The zero-order valence-corrected chi connectivity index (χ0v) is 14.2. The maximum Gasteiger partial charge on any atom is 0.0805 e. The summed E-state index contributed by atoms with van der Waals surface area (Å²) >= 11 is 3.68. The minimum Gasteiger partial charge on any atom is -0.388 e. The highest BCUT2D eigenvalue weighted by atomic mass is 79.9. The number of pyridine rings is 1. The van der Waals surface area contributed by atoms with Crippen LogP contribution >= 0.6 is 15.9 Å². The Labute approximate surface area is 133 Å². The van der Waals surface area contributed by atoms with Gasteiger partial charge < -0.3 is 5.32 Å². The second-order valence-electron chi connectivity index (χ2n) is 5.81. The standard InChI is InChI=1S/C18H19BrN2/c1-11(2)8-12-9-17(20-3)15-10-16(19)13-6-4-5-7-14(13)18(15)21-12/h4-7,9-11H,8H2,1-3H3,(H,20,21). The first-order chi connectivity index (χ1) is 10.1. The van der Waals surface area contributed by atoms with Gasteiger partial charge in [0.2, 0.25) is 0 Å². The van der Waals surface area contributed by atoms with Crippen molar-refractivity contribution in [2.75, 3.05) is 12.4 Å². The van der Waals surface area contributed by atoms with E-state index in [1.165, 1.54) is 10.8 Å². The number of benzene rings is 2. The van der Waals surface area contributed by atoms with Crippen LogP contribution in [0.2, 0.25) is 0 Å². The molecular weight excluding hydrogens is 324 g/mol. The Bertz CT molecular complexity index is 809. The summed E-state index contributed by atoms with van der Waals surface area (Å²) in [6, 6.07) is 12.8. The maximum absolute atomic E-state index is 4.93. The molecule has 108 valence electrons. The lowest BCUT2D eigenvalue weighted by Crippen LogP contribution is -2.01. The van der Waals surface area contributed by atoms with E-state index < -0.39 is 0 Å². The number of halogens is 1. The van der Waals surface area contributed by atoms with E-state index in [2.05, 4.69) is 71.5 Å². The molecule has 0 atom stereocenters. The van der Waals surface area contributed by atoms with Crippen LogP contribution in [0, 0.1) is 5.92 Å². The fourth-order valence-corrected chi connectivity index (χ4v) is 3.37. The van der Waals surface area contributed by atoms with Crippen molar-refractivity contribution in [2.24, 2.45) is 5.92 Å². The SMILES string of the molecule is CNc1cc(CC(C)C)nc2c1cc(Br)c1ccccc12. The zero-order chi connectivity index (χ0) is 15.0. The molecule has 0 fully saturated rings. The molecular formula is C18H19BrN2. The maximum atomic E-state index is 4.93. The predicted octanol–water partition coefficient (Wildman–Crippen LogP) is 5.39. The number of hydrogen-bond donors (Lipinski definition) is 1. The first kappa shape index (κ1) is 14.3. The Hall–Kier alpha value is -1.61. The Kier molecular flexibility index (Phi) is 3.85. The topological polar surface area (TPSA) is 24.9 Å². The Balaban J connectivity index is 2.39. The highest BCUT2D eigenvalue weighted by molar-refractivity contribution is 9.10. The molecule has 3 aromatic rings. The van der Waals surface area contributed by atoms with Crippen LogP contribution in [0.1, 0.15) is 19.5 Å². The molecule has 0 saturated heterocycles. The van der Waals surface area contributed by atoms with E-state index in [0.29, 0.717) is 5.92 Å². The molecule has 0 unspecified atom stereocenters. The van der Waals surface area contributed by atoms with E-state index in [0.717, 1.165) is 33.2 Å². The fourth-order valence-electron chi connectivity index (χ4n) is 2.79. The van der Waals surface area contributed by atoms with Gasteiger partial charge >= 0.3 is 0 Å². The second-order valence-corrected chi connectivity index (χ2v) is 6.66. The molecule has 2 aromatic carbocycles. The number of nitrogens with one attached hydrogen (secondary N) is 1. The summed E-state index contributed by atoms with van der Waals surface area (Å²) in [5.74, 6) is 0.598. The van der Waals surface area contributed by atoms with Gasteiger partial charge in [0, 0.05) is 33.7 Å². The Morgan fingerprint density at radius 2 is 1.81 bits per heavy atom. The van der Waals surface area contributed by atoms with E-state index in [4.69, 9.17) is 4.98 Å². The zero-order valence-electron chi connectivity index (χ0n) is 12.6. The molecule has 1 N–H and O–H groups in total. The summed E-state index contributed by atoms with van der Waals surface area (Å²) in [4.78, 5) is 4.93. The molecule has 3 heteroatoms. The second kappa shape index (κ2) is 5.64. The van der Waals surface area contributed by atoms with Gasteiger partial charge in [-0.2, -0.15) is 0 Å². The van der Waals surface area contributed by atoms with Crippen molar-refractivity contribution < 1.29 is 0 Å². The highest BCUT2D eigenvalue weighted by Crippen LogP contribution is 2.34. The monoisotopic (exact) mass is 342 g/mol. The van der Waals surface area contributed by atoms with E-state index in [-0.39, 0.29) is 0 Å². The lowest BCUT2D eigenvalue weighted by molar-refractivity contribution is 0.637. The number of hydrogen-bond acceptors (Lipinski definition) is 2. The van der Waals surface area contributed by atoms with Crippen LogP contribution in [0.3, 0.4) is 0 Å². The molecule has 21 heavy (non-hydrogen) atoms. The van der Waals surface area contributed by atoms with Gasteiger partial charge in [-0.1, -0.05) is 54.0 Å². The van der Waals surface area contributed by atoms with Gasteiger partial charge in [-0.15, -0.1) is 0 Å². The van der Waals surface area contributed by atoms with Crippen molar-refractivity contribution in [1.29, 1.82) is 0 Å². The Morgan fingerprint density at radius 3 is 2.48 bits per heavy atom. The number of aromatic nitrogens is 1. The van der Waals surface area contributed by atoms with E-state index in [1.54, 1.807) is 0 Å². The largest absolute Gasteiger partial charge is 0.388 e. The van der Waals surface area contributed by atoms with Crippen molar-refractivity contribution >= 4 is 43.3 Å². The van der Waals surface area contributed by atoms with E-state index in [9.17, 15) is 0 Å². The number of nitrogens with zero attached hydrogens (tertiary/aromatic N) is 1. The first-order valence-electron chi connectivity index (χ1n) is 7.28. The molecule has 0 aliphatic heterocycles. The van der Waals surface area contributed by atoms with Crippen molar-refractivity contribution in [1.82, 2.24) is 4.98 Å². The molecule has 2 nitrogen and oxygen atoms in total. The number of fused-ring (bicyclic) bond motifs is 3. The van der Waals surface area contributed by atoms with Gasteiger partial charge in [0.1, 0.15) is 0 Å². The normalized spacial score (nSPS) is 11.5. The number of rotatable bonds is 3. The van der Waals surface area contributed by atoms with Gasteiger partial charge in [-0.3, -0.25) is 4.98 Å². The molecule has 0 aliphatic carbocycles. The summed E-state index contributed by atoms with van der Waals surface area (Å²) in [5.41, 5.74) is 3.37. The van der Waals surface area contributed by atoms with Crippen molar-refractivity contribution in [3.8, 4) is 0 Å². The Morgan fingerprint density at radius 1 is 1.10 bits per heavy atom. The molecule has 0 spiro atoms. The van der Waals surface area contributed by atoms with Gasteiger partial charge in [0.15, 0.2) is 0 Å². The van der Waals surface area contributed by atoms with Crippen LogP contribution in [-0.2, 0) is 6.42 Å². The van der Waals surface area contributed by atoms with Gasteiger partial charge in [-0.25, -0.2) is 0 Å². The molecule has 0 bridgehead atoms. The van der Waals surface area contributed by atoms with Gasteiger partial charge in [0.25, 0.3) is 0 Å². The van der Waals surface area contributed by atoms with Gasteiger partial charge in [-0.05, 0) is 29.9 Å².